The second-order valence-electron chi connectivity index (χ2n) is 2.80. The second kappa shape index (κ2) is 3.49. The van der Waals surface area contributed by atoms with Crippen LogP contribution in [0.3, 0.4) is 0 Å². The van der Waals surface area contributed by atoms with Crippen molar-refractivity contribution in [2.75, 3.05) is 6.61 Å². The van der Waals surface area contributed by atoms with E-state index in [1.54, 1.807) is 0 Å². The van der Waals surface area contributed by atoms with Gasteiger partial charge in [-0.25, -0.2) is 4.39 Å². The molecule has 1 nitrogen and oxygen atoms in total. The monoisotopic (exact) mass is 196 g/mol. The van der Waals surface area contributed by atoms with Crippen LogP contribution in [-0.4, -0.2) is 17.9 Å². The van der Waals surface area contributed by atoms with Gasteiger partial charge in [0.25, 0.3) is 0 Å². The van der Waals surface area contributed by atoms with E-state index in [0.29, 0.717) is 6.08 Å². The Kier molecular flexibility index (Phi) is 2.75. The van der Waals surface area contributed by atoms with Crippen molar-refractivity contribution >= 4 is 0 Å². The fourth-order valence-electron chi connectivity index (χ4n) is 1.07. The number of aliphatic hydroxyl groups is 1. The number of aliphatic hydroxyl groups excluding tert-OH is 1. The first-order valence-corrected chi connectivity index (χ1v) is 3.70. The molecule has 0 aromatic carbocycles. The molecule has 0 saturated heterocycles. The highest BCUT2D eigenvalue weighted by atomic mass is 19.4. The van der Waals surface area contributed by atoms with Gasteiger partial charge in [-0.15, -0.1) is 0 Å². The summed E-state index contributed by atoms with van der Waals surface area (Å²) >= 11 is 0. The topological polar surface area (TPSA) is 20.2 Å². The molecule has 0 aromatic rings. The normalized spacial score (nSPS) is 23.9. The SMILES string of the molecule is OCC1CC=C(C(F)(F)F)C=C1F. The minimum atomic E-state index is -4.50. The third kappa shape index (κ3) is 2.30. The van der Waals surface area contributed by atoms with Crippen molar-refractivity contribution in [3.8, 4) is 0 Å². The van der Waals surface area contributed by atoms with Gasteiger partial charge in [0.1, 0.15) is 5.83 Å². The number of allylic oxidation sites excluding steroid dienone is 3. The van der Waals surface area contributed by atoms with Gasteiger partial charge in [-0.1, -0.05) is 6.08 Å². The fourth-order valence-corrected chi connectivity index (χ4v) is 1.07. The molecule has 13 heavy (non-hydrogen) atoms. The van der Waals surface area contributed by atoms with Crippen molar-refractivity contribution in [2.45, 2.75) is 12.6 Å². The molecule has 0 saturated carbocycles. The minimum absolute atomic E-state index is 0.103. The maximum atomic E-state index is 12.8. The molecule has 0 spiro atoms. The van der Waals surface area contributed by atoms with Gasteiger partial charge in [-0.2, -0.15) is 13.2 Å². The summed E-state index contributed by atoms with van der Waals surface area (Å²) in [6.07, 6.45) is -3.28. The van der Waals surface area contributed by atoms with Gasteiger partial charge < -0.3 is 5.11 Å². The first-order chi connectivity index (χ1) is 5.95. The van der Waals surface area contributed by atoms with E-state index in [9.17, 15) is 17.6 Å². The van der Waals surface area contributed by atoms with E-state index in [1.807, 2.05) is 0 Å². The van der Waals surface area contributed by atoms with E-state index in [4.69, 9.17) is 5.11 Å². The molecule has 0 amide bonds. The van der Waals surface area contributed by atoms with Crippen molar-refractivity contribution in [1.29, 1.82) is 0 Å². The molecule has 1 aliphatic carbocycles. The molecule has 1 rings (SSSR count). The van der Waals surface area contributed by atoms with Crippen LogP contribution in [0.1, 0.15) is 6.42 Å². The Morgan fingerprint density at radius 2 is 2.08 bits per heavy atom. The van der Waals surface area contributed by atoms with E-state index in [-0.39, 0.29) is 6.42 Å². The van der Waals surface area contributed by atoms with Gasteiger partial charge in [0, 0.05) is 5.92 Å². The van der Waals surface area contributed by atoms with Crippen molar-refractivity contribution in [2.24, 2.45) is 5.92 Å². The van der Waals surface area contributed by atoms with Crippen molar-refractivity contribution in [1.82, 2.24) is 0 Å². The Labute approximate surface area is 72.4 Å². The Hall–Kier alpha value is -0.840. The van der Waals surface area contributed by atoms with E-state index in [0.717, 1.165) is 6.08 Å². The lowest BCUT2D eigenvalue weighted by Gasteiger charge is -2.17. The summed E-state index contributed by atoms with van der Waals surface area (Å²) in [5.41, 5.74) is -0.977. The second-order valence-corrected chi connectivity index (χ2v) is 2.80. The zero-order valence-electron chi connectivity index (χ0n) is 6.61. The first kappa shape index (κ1) is 10.2. The lowest BCUT2D eigenvalue weighted by Crippen LogP contribution is -2.17. The number of hydrogen-bond acceptors (Lipinski definition) is 1. The van der Waals surface area contributed by atoms with Crippen LogP contribution >= 0.6 is 0 Å². The van der Waals surface area contributed by atoms with Crippen molar-refractivity contribution in [3.63, 3.8) is 0 Å². The highest BCUT2D eigenvalue weighted by Gasteiger charge is 2.34. The number of rotatable bonds is 1. The molecule has 0 heterocycles. The van der Waals surface area contributed by atoms with Gasteiger partial charge in [-0.05, 0) is 12.5 Å². The lowest BCUT2D eigenvalue weighted by molar-refractivity contribution is -0.0891. The van der Waals surface area contributed by atoms with Gasteiger partial charge in [0.05, 0.1) is 12.2 Å². The summed E-state index contributed by atoms with van der Waals surface area (Å²) < 4.78 is 48.8. The maximum Gasteiger partial charge on any atom is 0.416 e. The first-order valence-electron chi connectivity index (χ1n) is 3.70. The zero-order chi connectivity index (χ0) is 10.1. The molecular weight excluding hydrogens is 188 g/mol. The third-order valence-corrected chi connectivity index (χ3v) is 1.85. The fraction of sp³-hybridized carbons (Fsp3) is 0.500. The molecular formula is C8H8F4O. The summed E-state index contributed by atoms with van der Waals surface area (Å²) in [4.78, 5) is 0. The largest absolute Gasteiger partial charge is 0.416 e. The summed E-state index contributed by atoms with van der Waals surface area (Å²) in [6.45, 7) is -0.468. The smallest absolute Gasteiger partial charge is 0.396 e. The van der Waals surface area contributed by atoms with Gasteiger partial charge in [-0.3, -0.25) is 0 Å². The molecule has 74 valence electrons. The molecule has 0 radical (unpaired) electrons. The van der Waals surface area contributed by atoms with E-state index < -0.39 is 30.1 Å². The van der Waals surface area contributed by atoms with Crippen molar-refractivity contribution in [3.05, 3.63) is 23.6 Å². The molecule has 1 unspecified atom stereocenters. The average molecular weight is 196 g/mol. The van der Waals surface area contributed by atoms with Gasteiger partial charge in [0.15, 0.2) is 0 Å². The highest BCUT2D eigenvalue weighted by Crippen LogP contribution is 2.34. The molecule has 0 fully saturated rings. The van der Waals surface area contributed by atoms with Crippen LogP contribution in [0, 0.1) is 5.92 Å². The molecule has 0 bridgehead atoms. The van der Waals surface area contributed by atoms with Gasteiger partial charge >= 0.3 is 6.18 Å². The Morgan fingerprint density at radius 3 is 2.46 bits per heavy atom. The van der Waals surface area contributed by atoms with Crippen LogP contribution in [0.5, 0.6) is 0 Å². The number of hydrogen-bond donors (Lipinski definition) is 1. The Balaban J connectivity index is 2.81. The van der Waals surface area contributed by atoms with Crippen LogP contribution in [0.4, 0.5) is 17.6 Å². The van der Waals surface area contributed by atoms with Crippen molar-refractivity contribution < 1.29 is 22.7 Å². The van der Waals surface area contributed by atoms with Crippen LogP contribution in [0.15, 0.2) is 23.6 Å². The van der Waals surface area contributed by atoms with Crippen LogP contribution in [0.2, 0.25) is 0 Å². The highest BCUT2D eigenvalue weighted by molar-refractivity contribution is 5.30. The van der Waals surface area contributed by atoms with E-state index in [1.165, 1.54) is 0 Å². The maximum absolute atomic E-state index is 12.8. The summed E-state index contributed by atoms with van der Waals surface area (Å²) in [6, 6.07) is 0. The standard InChI is InChI=1S/C8H8F4O/c9-7-3-6(8(10,11)12)2-1-5(7)4-13/h2-3,5,13H,1,4H2. The van der Waals surface area contributed by atoms with Crippen LogP contribution in [-0.2, 0) is 0 Å². The molecule has 1 N–H and O–H groups in total. The van der Waals surface area contributed by atoms with Gasteiger partial charge in [0.2, 0.25) is 0 Å². The molecule has 0 aromatic heterocycles. The number of halogens is 4. The quantitative estimate of drug-likeness (QED) is 0.638. The Morgan fingerprint density at radius 1 is 1.46 bits per heavy atom. The summed E-state index contributed by atoms with van der Waals surface area (Å²) in [7, 11) is 0. The summed E-state index contributed by atoms with van der Waals surface area (Å²) in [5, 5.41) is 8.56. The predicted octanol–water partition coefficient (Wildman–Crippen LogP) is 2.34. The third-order valence-electron chi connectivity index (χ3n) is 1.85. The van der Waals surface area contributed by atoms with Crippen LogP contribution in [0.25, 0.3) is 0 Å². The van der Waals surface area contributed by atoms with E-state index >= 15 is 0 Å². The predicted molar refractivity (Wildman–Crippen MR) is 38.5 cm³/mol. The zero-order valence-corrected chi connectivity index (χ0v) is 6.61. The van der Waals surface area contributed by atoms with E-state index in [2.05, 4.69) is 0 Å². The van der Waals surface area contributed by atoms with Crippen LogP contribution < -0.4 is 0 Å². The average Bonchev–Trinajstić information content (AvgIpc) is 2.02. The number of alkyl halides is 3. The molecule has 0 aliphatic heterocycles. The summed E-state index contributed by atoms with van der Waals surface area (Å²) in [5.74, 6) is -1.72. The minimum Gasteiger partial charge on any atom is -0.396 e. The Bertz CT molecular complexity index is 251. The molecule has 1 atom stereocenters. The molecule has 1 aliphatic rings. The lowest BCUT2D eigenvalue weighted by atomic mass is 9.96. The molecule has 5 heteroatoms.